The van der Waals surface area contributed by atoms with E-state index in [0.717, 1.165) is 0 Å². The van der Waals surface area contributed by atoms with Crippen molar-refractivity contribution in [2.24, 2.45) is 0 Å². The Morgan fingerprint density at radius 1 is 1.44 bits per heavy atom. The number of pyridine rings is 1. The van der Waals surface area contributed by atoms with E-state index < -0.39 is 23.5 Å². The largest absolute Gasteiger partial charge is 0.480 e. The van der Waals surface area contributed by atoms with Crippen LogP contribution in [-0.2, 0) is 4.79 Å². The number of carboxylic acids is 1. The lowest BCUT2D eigenvalue weighted by atomic mass is 10.2. The van der Waals surface area contributed by atoms with Gasteiger partial charge in [0.15, 0.2) is 0 Å². The second kappa shape index (κ2) is 5.97. The van der Waals surface area contributed by atoms with Gasteiger partial charge in [-0.15, -0.1) is 0 Å². The molecule has 0 aliphatic carbocycles. The average molecular weight is 254 g/mol. The number of carbonyl (C=O) groups excluding carboxylic acids is 1. The maximum Gasteiger partial charge on any atom is 0.326 e. The third kappa shape index (κ3) is 3.42. The first-order valence-electron chi connectivity index (χ1n) is 5.30. The van der Waals surface area contributed by atoms with E-state index in [4.69, 9.17) is 10.2 Å². The smallest absolute Gasteiger partial charge is 0.326 e. The van der Waals surface area contributed by atoms with Gasteiger partial charge in [-0.05, 0) is 19.1 Å². The average Bonchev–Trinajstić information content (AvgIpc) is 2.27. The predicted molar refractivity (Wildman–Crippen MR) is 62.4 cm³/mol. The van der Waals surface area contributed by atoms with Crippen LogP contribution in [0.2, 0.25) is 0 Å². The zero-order valence-corrected chi connectivity index (χ0v) is 9.77. The summed E-state index contributed by atoms with van der Waals surface area (Å²) in [5, 5.41) is 19.7. The highest BCUT2D eigenvalue weighted by atomic mass is 16.4. The van der Waals surface area contributed by atoms with Crippen molar-refractivity contribution in [1.29, 1.82) is 0 Å². The minimum atomic E-state index is -1.26. The lowest BCUT2D eigenvalue weighted by molar-refractivity contribution is -0.139. The second-order valence-corrected chi connectivity index (χ2v) is 3.76. The SMILES string of the molecule is Cc1ccc(C(=O)NC(CCO)C(=O)O)c(=O)[nH]1. The van der Waals surface area contributed by atoms with Crippen molar-refractivity contribution in [3.8, 4) is 0 Å². The van der Waals surface area contributed by atoms with Gasteiger partial charge >= 0.3 is 5.97 Å². The molecule has 0 saturated heterocycles. The zero-order valence-electron chi connectivity index (χ0n) is 9.77. The summed E-state index contributed by atoms with van der Waals surface area (Å²) in [7, 11) is 0. The summed E-state index contributed by atoms with van der Waals surface area (Å²) in [6, 6.07) is 1.64. The molecular formula is C11H14N2O5. The van der Waals surface area contributed by atoms with E-state index in [0.29, 0.717) is 5.69 Å². The van der Waals surface area contributed by atoms with Crippen LogP contribution in [0.15, 0.2) is 16.9 Å². The molecule has 7 nitrogen and oxygen atoms in total. The van der Waals surface area contributed by atoms with Gasteiger partial charge in [0.1, 0.15) is 11.6 Å². The Kier molecular flexibility index (Phi) is 4.61. The van der Waals surface area contributed by atoms with Crippen LogP contribution in [0.4, 0.5) is 0 Å². The Balaban J connectivity index is 2.87. The molecule has 1 heterocycles. The highest BCUT2D eigenvalue weighted by Gasteiger charge is 2.21. The lowest BCUT2D eigenvalue weighted by Crippen LogP contribution is -2.43. The minimum Gasteiger partial charge on any atom is -0.480 e. The molecule has 1 atom stereocenters. The van der Waals surface area contributed by atoms with Gasteiger partial charge < -0.3 is 20.5 Å². The third-order valence-electron chi connectivity index (χ3n) is 2.32. The summed E-state index contributed by atoms with van der Waals surface area (Å²) in [4.78, 5) is 36.4. The van der Waals surface area contributed by atoms with Crippen molar-refractivity contribution in [2.45, 2.75) is 19.4 Å². The fourth-order valence-corrected chi connectivity index (χ4v) is 1.37. The second-order valence-electron chi connectivity index (χ2n) is 3.76. The van der Waals surface area contributed by atoms with E-state index in [-0.39, 0.29) is 18.6 Å². The van der Waals surface area contributed by atoms with E-state index >= 15 is 0 Å². The summed E-state index contributed by atoms with van der Waals surface area (Å²) >= 11 is 0. The maximum atomic E-state index is 11.7. The van der Waals surface area contributed by atoms with E-state index in [9.17, 15) is 14.4 Å². The molecule has 0 spiro atoms. The summed E-state index contributed by atoms with van der Waals surface area (Å²) in [5.74, 6) is -2.04. The molecule has 0 fully saturated rings. The minimum absolute atomic E-state index is 0.120. The first-order valence-corrected chi connectivity index (χ1v) is 5.30. The number of hydrogen-bond donors (Lipinski definition) is 4. The number of carboxylic acid groups (broad SMARTS) is 1. The van der Waals surface area contributed by atoms with Crippen LogP contribution in [0.3, 0.4) is 0 Å². The van der Waals surface area contributed by atoms with E-state index in [1.165, 1.54) is 12.1 Å². The van der Waals surface area contributed by atoms with Gasteiger partial charge in [-0.3, -0.25) is 9.59 Å². The fraction of sp³-hybridized carbons (Fsp3) is 0.364. The summed E-state index contributed by atoms with van der Waals surface area (Å²) < 4.78 is 0. The molecule has 1 unspecified atom stereocenters. The van der Waals surface area contributed by atoms with Crippen molar-refractivity contribution in [3.63, 3.8) is 0 Å². The highest BCUT2D eigenvalue weighted by Crippen LogP contribution is 1.97. The molecule has 1 aromatic rings. The predicted octanol–water partition coefficient (Wildman–Crippen LogP) is -0.751. The van der Waals surface area contributed by atoms with Gasteiger partial charge in [-0.2, -0.15) is 0 Å². The standard InChI is InChI=1S/C11H14N2O5/c1-6-2-3-7(9(15)12-6)10(16)13-8(4-5-14)11(17)18/h2-3,8,14H,4-5H2,1H3,(H,12,15)(H,13,16)(H,17,18). The number of nitrogens with one attached hydrogen (secondary N) is 2. The zero-order chi connectivity index (χ0) is 13.7. The quantitative estimate of drug-likeness (QED) is 0.551. The molecular weight excluding hydrogens is 240 g/mol. The first-order chi connectivity index (χ1) is 8.45. The molecule has 18 heavy (non-hydrogen) atoms. The first kappa shape index (κ1) is 13.9. The van der Waals surface area contributed by atoms with Crippen LogP contribution in [0.1, 0.15) is 22.5 Å². The molecule has 98 valence electrons. The third-order valence-corrected chi connectivity index (χ3v) is 2.32. The number of aliphatic hydroxyl groups is 1. The van der Waals surface area contributed by atoms with Crippen molar-refractivity contribution < 1.29 is 19.8 Å². The van der Waals surface area contributed by atoms with Crippen LogP contribution < -0.4 is 10.9 Å². The number of hydrogen-bond acceptors (Lipinski definition) is 4. The lowest BCUT2D eigenvalue weighted by Gasteiger charge is -2.12. The van der Waals surface area contributed by atoms with Gasteiger partial charge in [-0.1, -0.05) is 0 Å². The van der Waals surface area contributed by atoms with E-state index in [2.05, 4.69) is 10.3 Å². The Hall–Kier alpha value is -2.15. The number of aliphatic hydroxyl groups excluding tert-OH is 1. The number of aromatic amines is 1. The van der Waals surface area contributed by atoms with Gasteiger partial charge in [0.05, 0.1) is 0 Å². The van der Waals surface area contributed by atoms with Gasteiger partial charge in [-0.25, -0.2) is 4.79 Å². The number of aliphatic carboxylic acids is 1. The Bertz CT molecular complexity index is 508. The number of H-pyrrole nitrogens is 1. The van der Waals surface area contributed by atoms with Crippen molar-refractivity contribution >= 4 is 11.9 Å². The molecule has 7 heteroatoms. The molecule has 0 bridgehead atoms. The van der Waals surface area contributed by atoms with Crippen LogP contribution in [-0.4, -0.2) is 39.7 Å². The highest BCUT2D eigenvalue weighted by molar-refractivity contribution is 5.96. The Morgan fingerprint density at radius 3 is 2.61 bits per heavy atom. The molecule has 0 radical (unpaired) electrons. The normalized spacial score (nSPS) is 11.9. The summed E-state index contributed by atoms with van der Waals surface area (Å²) in [5.41, 5.74) is -0.146. The molecule has 0 aliphatic heterocycles. The van der Waals surface area contributed by atoms with Gasteiger partial charge in [0.2, 0.25) is 0 Å². The molecule has 1 rings (SSSR count). The van der Waals surface area contributed by atoms with E-state index in [1.54, 1.807) is 6.92 Å². The van der Waals surface area contributed by atoms with Crippen molar-refractivity contribution in [3.05, 3.63) is 33.7 Å². The number of rotatable bonds is 5. The number of aromatic nitrogens is 1. The van der Waals surface area contributed by atoms with Crippen LogP contribution in [0.5, 0.6) is 0 Å². The fourth-order valence-electron chi connectivity index (χ4n) is 1.37. The van der Waals surface area contributed by atoms with Crippen LogP contribution in [0, 0.1) is 6.92 Å². The number of aryl methyl sites for hydroxylation is 1. The van der Waals surface area contributed by atoms with Gasteiger partial charge in [0, 0.05) is 18.7 Å². The molecule has 0 aromatic carbocycles. The Morgan fingerprint density at radius 2 is 2.11 bits per heavy atom. The topological polar surface area (TPSA) is 119 Å². The molecule has 4 N–H and O–H groups in total. The summed E-state index contributed by atoms with van der Waals surface area (Å²) in [6.07, 6.45) is -0.120. The molecule has 1 aromatic heterocycles. The van der Waals surface area contributed by atoms with Gasteiger partial charge in [0.25, 0.3) is 11.5 Å². The molecule has 0 saturated carbocycles. The number of amides is 1. The monoisotopic (exact) mass is 254 g/mol. The van der Waals surface area contributed by atoms with Crippen LogP contribution in [0.25, 0.3) is 0 Å². The number of carbonyl (C=O) groups is 2. The molecule has 1 amide bonds. The van der Waals surface area contributed by atoms with Crippen LogP contribution >= 0.6 is 0 Å². The van der Waals surface area contributed by atoms with Crippen molar-refractivity contribution in [1.82, 2.24) is 10.3 Å². The maximum absolute atomic E-state index is 11.7. The van der Waals surface area contributed by atoms with E-state index in [1.807, 2.05) is 0 Å². The molecule has 0 aliphatic rings. The van der Waals surface area contributed by atoms with Crippen molar-refractivity contribution in [2.75, 3.05) is 6.61 Å². The Labute approximate surface area is 102 Å². The summed E-state index contributed by atoms with van der Waals surface area (Å²) in [6.45, 7) is 1.29.